The third-order valence-electron chi connectivity index (χ3n) is 5.74. The summed E-state index contributed by atoms with van der Waals surface area (Å²) in [5, 5.41) is 0. The lowest BCUT2D eigenvalue weighted by molar-refractivity contribution is -0.154. The van der Waals surface area contributed by atoms with E-state index in [1.807, 2.05) is 42.5 Å². The highest BCUT2D eigenvalue weighted by atomic mass is 16.5. The third kappa shape index (κ3) is 7.09. The highest BCUT2D eigenvalue weighted by Crippen LogP contribution is 2.21. The summed E-state index contributed by atoms with van der Waals surface area (Å²) in [7, 11) is 0. The van der Waals surface area contributed by atoms with Crippen LogP contribution >= 0.6 is 0 Å². The predicted molar refractivity (Wildman–Crippen MR) is 118 cm³/mol. The Kier molecular flexibility index (Phi) is 8.88. The van der Waals surface area contributed by atoms with Gasteiger partial charge in [-0.2, -0.15) is 0 Å². The Morgan fingerprint density at radius 2 is 1.48 bits per heavy atom. The van der Waals surface area contributed by atoms with Crippen LogP contribution < -0.4 is 0 Å². The molecule has 1 aliphatic rings. The van der Waals surface area contributed by atoms with Gasteiger partial charge in [0.05, 0.1) is 0 Å². The van der Waals surface area contributed by atoms with Gasteiger partial charge in [-0.25, -0.2) is 4.79 Å². The van der Waals surface area contributed by atoms with E-state index in [4.69, 9.17) is 4.74 Å². The number of benzene rings is 1. The zero-order valence-corrected chi connectivity index (χ0v) is 18.1. The molecule has 2 aromatic rings. The maximum atomic E-state index is 12.6. The van der Waals surface area contributed by atoms with E-state index in [1.54, 1.807) is 21.9 Å². The topological polar surface area (TPSA) is 68.6 Å². The van der Waals surface area contributed by atoms with E-state index in [1.165, 1.54) is 0 Å². The van der Waals surface area contributed by atoms with Crippen molar-refractivity contribution in [2.75, 3.05) is 6.54 Å². The molecule has 6 nitrogen and oxygen atoms in total. The molecule has 0 unspecified atom stereocenters. The smallest absolute Gasteiger partial charge is 0.329 e. The number of hydrogen-bond acceptors (Lipinski definition) is 4. The van der Waals surface area contributed by atoms with Crippen LogP contribution in [0.4, 0.5) is 0 Å². The minimum Gasteiger partial charge on any atom is -0.459 e. The number of carbonyl (C=O) groups is 3. The van der Waals surface area contributed by atoms with Gasteiger partial charge in [0.2, 0.25) is 11.8 Å². The van der Waals surface area contributed by atoms with Gasteiger partial charge in [0.1, 0.15) is 12.6 Å². The molecule has 1 aromatic carbocycles. The van der Waals surface area contributed by atoms with E-state index >= 15 is 0 Å². The average molecular weight is 425 g/mol. The molecule has 166 valence electrons. The van der Waals surface area contributed by atoms with Gasteiger partial charge in [0.15, 0.2) is 0 Å². The molecule has 3 rings (SSSR count). The SMILES string of the molecule is O=C(OCc1ccccc1)[C@H]1CCCN1C(=O)CCCCCCCC(=O)n1cccc1. The van der Waals surface area contributed by atoms with Crippen LogP contribution in [0, 0.1) is 0 Å². The summed E-state index contributed by atoms with van der Waals surface area (Å²) >= 11 is 0. The number of unbranched alkanes of at least 4 members (excludes halogenated alkanes) is 4. The van der Waals surface area contributed by atoms with Gasteiger partial charge in [0.25, 0.3) is 0 Å². The van der Waals surface area contributed by atoms with E-state index in [9.17, 15) is 14.4 Å². The first-order valence-corrected chi connectivity index (χ1v) is 11.3. The number of esters is 1. The quantitative estimate of drug-likeness (QED) is 0.391. The Hall–Kier alpha value is -2.89. The number of carbonyl (C=O) groups excluding carboxylic acids is 3. The summed E-state index contributed by atoms with van der Waals surface area (Å²) in [5.41, 5.74) is 0.946. The Balaban J connectivity index is 1.29. The van der Waals surface area contributed by atoms with Crippen molar-refractivity contribution in [3.05, 3.63) is 60.4 Å². The highest BCUT2D eigenvalue weighted by molar-refractivity contribution is 5.85. The number of aromatic nitrogens is 1. The number of nitrogens with zero attached hydrogens (tertiary/aromatic N) is 2. The molecular weight excluding hydrogens is 392 g/mol. The van der Waals surface area contributed by atoms with Gasteiger partial charge < -0.3 is 9.64 Å². The molecule has 0 aliphatic carbocycles. The van der Waals surface area contributed by atoms with Gasteiger partial charge in [-0.1, -0.05) is 49.6 Å². The van der Waals surface area contributed by atoms with Gasteiger partial charge in [-0.3, -0.25) is 14.2 Å². The second kappa shape index (κ2) is 12.1. The largest absolute Gasteiger partial charge is 0.459 e. The second-order valence-corrected chi connectivity index (χ2v) is 8.09. The van der Waals surface area contributed by atoms with E-state index in [2.05, 4.69) is 0 Å². The molecule has 1 aliphatic heterocycles. The summed E-state index contributed by atoms with van der Waals surface area (Å²) in [6, 6.07) is 12.8. The number of ether oxygens (including phenoxy) is 1. The summed E-state index contributed by atoms with van der Waals surface area (Å²) in [4.78, 5) is 38.7. The van der Waals surface area contributed by atoms with Crippen LogP contribution in [-0.2, 0) is 20.9 Å². The van der Waals surface area contributed by atoms with E-state index < -0.39 is 6.04 Å². The maximum absolute atomic E-state index is 12.6. The lowest BCUT2D eigenvalue weighted by atomic mass is 10.1. The molecule has 6 heteroatoms. The highest BCUT2D eigenvalue weighted by Gasteiger charge is 2.34. The Labute approximate surface area is 184 Å². The molecule has 0 bridgehead atoms. The van der Waals surface area contributed by atoms with Gasteiger partial charge in [0, 0.05) is 31.8 Å². The molecule has 1 amide bonds. The first-order valence-electron chi connectivity index (χ1n) is 11.3. The molecule has 1 saturated heterocycles. The van der Waals surface area contributed by atoms with Gasteiger partial charge in [-0.15, -0.1) is 0 Å². The van der Waals surface area contributed by atoms with Crippen LogP contribution in [0.25, 0.3) is 0 Å². The van der Waals surface area contributed by atoms with Crippen molar-refractivity contribution in [3.63, 3.8) is 0 Å². The maximum Gasteiger partial charge on any atom is 0.329 e. The molecule has 1 atom stereocenters. The van der Waals surface area contributed by atoms with E-state index in [0.717, 1.165) is 44.1 Å². The molecule has 1 fully saturated rings. The fraction of sp³-hybridized carbons (Fsp3) is 0.480. The van der Waals surface area contributed by atoms with Crippen LogP contribution in [0.1, 0.15) is 68.1 Å². The molecular formula is C25H32N2O4. The molecule has 2 heterocycles. The monoisotopic (exact) mass is 424 g/mol. The van der Waals surface area contributed by atoms with Crippen molar-refractivity contribution in [1.29, 1.82) is 0 Å². The summed E-state index contributed by atoms with van der Waals surface area (Å²) in [6.07, 6.45) is 10.7. The number of likely N-dealkylation sites (tertiary alicyclic amines) is 1. The third-order valence-corrected chi connectivity index (χ3v) is 5.74. The van der Waals surface area contributed by atoms with Crippen molar-refractivity contribution < 1.29 is 19.1 Å². The zero-order valence-electron chi connectivity index (χ0n) is 18.1. The zero-order chi connectivity index (χ0) is 21.9. The van der Waals surface area contributed by atoms with Crippen molar-refractivity contribution in [3.8, 4) is 0 Å². The molecule has 0 spiro atoms. The fourth-order valence-electron chi connectivity index (χ4n) is 3.99. The van der Waals surface area contributed by atoms with Gasteiger partial charge >= 0.3 is 5.97 Å². The summed E-state index contributed by atoms with van der Waals surface area (Å²) < 4.78 is 7.07. The minimum absolute atomic E-state index is 0.0435. The first-order chi connectivity index (χ1) is 15.1. The average Bonchev–Trinajstić information content (AvgIpc) is 3.49. The summed E-state index contributed by atoms with van der Waals surface area (Å²) in [5.74, 6) is -0.136. The van der Waals surface area contributed by atoms with Crippen molar-refractivity contribution >= 4 is 17.8 Å². The van der Waals surface area contributed by atoms with E-state index in [0.29, 0.717) is 25.8 Å². The van der Waals surface area contributed by atoms with Crippen molar-refractivity contribution in [2.45, 2.75) is 70.4 Å². The molecule has 0 saturated carbocycles. The standard InChI is InChI=1S/C25H32N2O4/c28-23(26-17-9-10-18-26)15-7-2-1-3-8-16-24(29)27-19-11-14-22(27)25(30)31-20-21-12-5-4-6-13-21/h4-6,9-10,12-13,17-18,22H,1-3,7-8,11,14-16,19-20H2/t22-/m1/s1. The molecule has 0 radical (unpaired) electrons. The molecule has 31 heavy (non-hydrogen) atoms. The minimum atomic E-state index is -0.448. The lowest BCUT2D eigenvalue weighted by Crippen LogP contribution is -2.41. The molecule has 1 aromatic heterocycles. The Bertz CT molecular complexity index is 832. The second-order valence-electron chi connectivity index (χ2n) is 8.09. The molecule has 0 N–H and O–H groups in total. The fourth-order valence-corrected chi connectivity index (χ4v) is 3.99. The van der Waals surface area contributed by atoms with Crippen LogP contribution in [0.3, 0.4) is 0 Å². The van der Waals surface area contributed by atoms with Gasteiger partial charge in [-0.05, 0) is 43.4 Å². The van der Waals surface area contributed by atoms with Crippen molar-refractivity contribution in [1.82, 2.24) is 9.47 Å². The van der Waals surface area contributed by atoms with Crippen LogP contribution in [-0.4, -0.2) is 39.8 Å². The van der Waals surface area contributed by atoms with Crippen molar-refractivity contribution in [2.24, 2.45) is 0 Å². The van der Waals surface area contributed by atoms with Crippen LogP contribution in [0.5, 0.6) is 0 Å². The number of amides is 1. The Morgan fingerprint density at radius 3 is 2.19 bits per heavy atom. The summed E-state index contributed by atoms with van der Waals surface area (Å²) in [6.45, 7) is 0.872. The lowest BCUT2D eigenvalue weighted by Gasteiger charge is -2.23. The first kappa shape index (κ1) is 22.8. The normalized spacial score (nSPS) is 15.7. The van der Waals surface area contributed by atoms with Crippen LogP contribution in [0.15, 0.2) is 54.9 Å². The van der Waals surface area contributed by atoms with E-state index in [-0.39, 0.29) is 24.4 Å². The Morgan fingerprint density at radius 1 is 0.839 bits per heavy atom. The number of hydrogen-bond donors (Lipinski definition) is 0. The van der Waals surface area contributed by atoms with Crippen LogP contribution in [0.2, 0.25) is 0 Å². The predicted octanol–water partition coefficient (Wildman–Crippen LogP) is 4.59. The number of rotatable bonds is 11.